The number of methoxy groups -OCH3 is 1. The summed E-state index contributed by atoms with van der Waals surface area (Å²) < 4.78 is 4.92. The monoisotopic (exact) mass is 399 g/mol. The van der Waals surface area contributed by atoms with Crippen LogP contribution in [0.3, 0.4) is 0 Å². The normalized spacial score (nSPS) is 13.5. The van der Waals surface area contributed by atoms with E-state index in [0.29, 0.717) is 5.02 Å². The summed E-state index contributed by atoms with van der Waals surface area (Å²) in [5, 5.41) is 3.91. The Morgan fingerprint density at radius 3 is 2.29 bits per heavy atom. The molecule has 2 rings (SSSR count). The molecule has 2 aromatic rings. The topological polar surface area (TPSA) is 55.4 Å². The Labute approximate surface area is 171 Å². The minimum Gasteiger partial charge on any atom is -0.468 e. The number of ketones is 1. The van der Waals surface area contributed by atoms with E-state index in [0.717, 1.165) is 11.1 Å². The smallest absolute Gasteiger partial charge is 0.323 e. The Morgan fingerprint density at radius 1 is 1.07 bits per heavy atom. The van der Waals surface area contributed by atoms with E-state index in [1.165, 1.54) is 7.11 Å². The predicted octanol–water partition coefficient (Wildman–Crippen LogP) is 4.84. The Morgan fingerprint density at radius 2 is 1.71 bits per heavy atom. The van der Waals surface area contributed by atoms with Gasteiger partial charge in [0, 0.05) is 17.5 Å². The molecule has 0 amide bonds. The lowest BCUT2D eigenvalue weighted by atomic mass is 9.96. The molecule has 28 heavy (non-hydrogen) atoms. The SMILES string of the molecule is COC(=O)[C@@H](NC(CC(=O)/C=C\c1ccccc1)c1ccc(Cl)cc1)C(C)C. The average molecular weight is 400 g/mol. The molecule has 1 unspecified atom stereocenters. The number of hydrogen-bond donors (Lipinski definition) is 1. The van der Waals surface area contributed by atoms with Gasteiger partial charge in [0.05, 0.1) is 7.11 Å². The van der Waals surface area contributed by atoms with E-state index in [-0.39, 0.29) is 30.1 Å². The van der Waals surface area contributed by atoms with Gasteiger partial charge in [-0.15, -0.1) is 0 Å². The van der Waals surface area contributed by atoms with Gasteiger partial charge < -0.3 is 4.74 Å². The van der Waals surface area contributed by atoms with Crippen LogP contribution in [0.5, 0.6) is 0 Å². The van der Waals surface area contributed by atoms with E-state index < -0.39 is 6.04 Å². The number of halogens is 1. The number of hydrogen-bond acceptors (Lipinski definition) is 4. The van der Waals surface area contributed by atoms with Crippen LogP contribution in [-0.4, -0.2) is 24.9 Å². The Hall–Kier alpha value is -2.43. The zero-order valence-electron chi connectivity index (χ0n) is 16.4. The second kappa shape index (κ2) is 10.8. The minimum absolute atomic E-state index is 0.0113. The van der Waals surface area contributed by atoms with Gasteiger partial charge in [-0.05, 0) is 35.3 Å². The fourth-order valence-electron chi connectivity index (χ4n) is 2.87. The molecule has 4 nitrogen and oxygen atoms in total. The highest BCUT2D eigenvalue weighted by molar-refractivity contribution is 6.30. The van der Waals surface area contributed by atoms with Crippen molar-refractivity contribution in [2.24, 2.45) is 5.92 Å². The molecular formula is C23H26ClNO3. The molecule has 0 saturated heterocycles. The van der Waals surface area contributed by atoms with Gasteiger partial charge in [0.15, 0.2) is 5.78 Å². The number of benzene rings is 2. The van der Waals surface area contributed by atoms with Crippen molar-refractivity contribution in [3.8, 4) is 0 Å². The molecule has 0 aliphatic carbocycles. The van der Waals surface area contributed by atoms with Crippen LogP contribution < -0.4 is 5.32 Å². The van der Waals surface area contributed by atoms with Crippen molar-refractivity contribution >= 4 is 29.4 Å². The molecule has 1 N–H and O–H groups in total. The van der Waals surface area contributed by atoms with Crippen LogP contribution in [0.4, 0.5) is 0 Å². The van der Waals surface area contributed by atoms with Gasteiger partial charge in [-0.1, -0.05) is 74.0 Å². The maximum Gasteiger partial charge on any atom is 0.323 e. The van der Waals surface area contributed by atoms with Crippen LogP contribution in [0.1, 0.15) is 37.4 Å². The second-order valence-corrected chi connectivity index (χ2v) is 7.37. The summed E-state index contributed by atoms with van der Waals surface area (Å²) in [7, 11) is 1.37. The molecule has 0 radical (unpaired) electrons. The van der Waals surface area contributed by atoms with E-state index >= 15 is 0 Å². The van der Waals surface area contributed by atoms with Gasteiger partial charge in [-0.2, -0.15) is 0 Å². The van der Waals surface area contributed by atoms with E-state index in [9.17, 15) is 9.59 Å². The summed E-state index contributed by atoms with van der Waals surface area (Å²) >= 11 is 6.00. The van der Waals surface area contributed by atoms with Crippen molar-refractivity contribution < 1.29 is 14.3 Å². The number of ether oxygens (including phenoxy) is 1. The standard InChI is InChI=1S/C23H26ClNO3/c1-16(2)22(23(27)28-3)25-21(18-10-12-19(24)13-11-18)15-20(26)14-9-17-7-5-4-6-8-17/h4-14,16,21-22,25H,15H2,1-3H3/b14-9-/t21?,22-/m0/s1. The van der Waals surface area contributed by atoms with Gasteiger partial charge in [0.2, 0.25) is 0 Å². The molecule has 5 heteroatoms. The number of carbonyl (C=O) groups is 2. The van der Waals surface area contributed by atoms with Crippen LogP contribution in [0, 0.1) is 5.92 Å². The van der Waals surface area contributed by atoms with Gasteiger partial charge in [-0.3, -0.25) is 14.9 Å². The molecule has 148 valence electrons. The molecule has 0 aliphatic heterocycles. The van der Waals surface area contributed by atoms with Gasteiger partial charge in [0.1, 0.15) is 6.04 Å². The zero-order chi connectivity index (χ0) is 20.5. The Kier molecular flexibility index (Phi) is 8.42. The number of carbonyl (C=O) groups excluding carboxylic acids is 2. The van der Waals surface area contributed by atoms with Crippen molar-refractivity contribution in [3.63, 3.8) is 0 Å². The van der Waals surface area contributed by atoms with Crippen LogP contribution >= 0.6 is 11.6 Å². The molecular weight excluding hydrogens is 374 g/mol. The third kappa shape index (κ3) is 6.63. The molecule has 0 aromatic heterocycles. The quantitative estimate of drug-likeness (QED) is 0.484. The average Bonchev–Trinajstić information content (AvgIpc) is 2.70. The molecule has 0 spiro atoms. The molecule has 0 bridgehead atoms. The highest BCUT2D eigenvalue weighted by Gasteiger charge is 2.27. The summed E-state index contributed by atoms with van der Waals surface area (Å²) in [5.74, 6) is -0.373. The second-order valence-electron chi connectivity index (χ2n) is 6.93. The lowest BCUT2D eigenvalue weighted by molar-refractivity contribution is -0.144. The first-order valence-electron chi connectivity index (χ1n) is 9.26. The maximum absolute atomic E-state index is 12.6. The third-order valence-corrected chi connectivity index (χ3v) is 4.69. The summed E-state index contributed by atoms with van der Waals surface area (Å²) in [4.78, 5) is 24.8. The molecule has 0 saturated carbocycles. The summed E-state index contributed by atoms with van der Waals surface area (Å²) in [6.07, 6.45) is 3.58. The van der Waals surface area contributed by atoms with Crippen molar-refractivity contribution in [3.05, 3.63) is 76.8 Å². The van der Waals surface area contributed by atoms with Crippen LogP contribution in [0.15, 0.2) is 60.7 Å². The first-order chi connectivity index (χ1) is 13.4. The summed E-state index contributed by atoms with van der Waals surface area (Å²) in [6, 6.07) is 16.1. The van der Waals surface area contributed by atoms with Gasteiger partial charge in [-0.25, -0.2) is 0 Å². The van der Waals surface area contributed by atoms with Crippen molar-refractivity contribution in [2.45, 2.75) is 32.4 Å². The first-order valence-corrected chi connectivity index (χ1v) is 9.63. The molecule has 2 aromatic carbocycles. The highest BCUT2D eigenvalue weighted by atomic mass is 35.5. The number of nitrogens with one attached hydrogen (secondary N) is 1. The highest BCUT2D eigenvalue weighted by Crippen LogP contribution is 2.22. The number of esters is 1. The van der Waals surface area contributed by atoms with Crippen molar-refractivity contribution in [2.75, 3.05) is 7.11 Å². The number of rotatable bonds is 9. The van der Waals surface area contributed by atoms with E-state index in [4.69, 9.17) is 16.3 Å². The first kappa shape index (κ1) is 21.9. The lowest BCUT2D eigenvalue weighted by Crippen LogP contribution is -2.44. The van der Waals surface area contributed by atoms with Crippen LogP contribution in [0.2, 0.25) is 5.02 Å². The summed E-state index contributed by atoms with van der Waals surface area (Å²) in [6.45, 7) is 3.87. The van der Waals surface area contributed by atoms with E-state index in [2.05, 4.69) is 5.32 Å². The molecule has 0 fully saturated rings. The molecule has 0 heterocycles. The van der Waals surface area contributed by atoms with Crippen LogP contribution in [0.25, 0.3) is 6.08 Å². The molecule has 0 aliphatic rings. The summed E-state index contributed by atoms with van der Waals surface area (Å²) in [5.41, 5.74) is 1.85. The minimum atomic E-state index is -0.517. The predicted molar refractivity (Wildman–Crippen MR) is 113 cm³/mol. The maximum atomic E-state index is 12.6. The zero-order valence-corrected chi connectivity index (χ0v) is 17.1. The van der Waals surface area contributed by atoms with Crippen molar-refractivity contribution in [1.82, 2.24) is 5.32 Å². The Balaban J connectivity index is 2.20. The third-order valence-electron chi connectivity index (χ3n) is 4.44. The fourth-order valence-corrected chi connectivity index (χ4v) is 2.99. The molecule has 2 atom stereocenters. The van der Waals surface area contributed by atoms with Crippen LogP contribution in [-0.2, 0) is 14.3 Å². The van der Waals surface area contributed by atoms with E-state index in [1.807, 2.05) is 56.3 Å². The van der Waals surface area contributed by atoms with E-state index in [1.54, 1.807) is 24.3 Å². The fraction of sp³-hybridized carbons (Fsp3) is 0.304. The van der Waals surface area contributed by atoms with Gasteiger partial charge in [0.25, 0.3) is 0 Å². The van der Waals surface area contributed by atoms with Gasteiger partial charge >= 0.3 is 5.97 Å². The number of allylic oxidation sites excluding steroid dienone is 1. The van der Waals surface area contributed by atoms with Crippen molar-refractivity contribution in [1.29, 1.82) is 0 Å². The largest absolute Gasteiger partial charge is 0.468 e. The Bertz CT molecular complexity index is 800. The lowest BCUT2D eigenvalue weighted by Gasteiger charge is -2.26.